The van der Waals surface area contributed by atoms with Crippen molar-refractivity contribution in [2.75, 3.05) is 13.7 Å². The van der Waals surface area contributed by atoms with Gasteiger partial charge in [-0.1, -0.05) is 15.9 Å². The highest BCUT2D eigenvalue weighted by Gasteiger charge is 2.53. The summed E-state index contributed by atoms with van der Waals surface area (Å²) in [5.74, 6) is 2.71. The van der Waals surface area contributed by atoms with Crippen molar-refractivity contribution in [2.24, 2.45) is 17.3 Å². The molecule has 0 aromatic heterocycles. The topological polar surface area (TPSA) is 29.5 Å². The fourth-order valence-corrected chi connectivity index (χ4v) is 4.03. The summed E-state index contributed by atoms with van der Waals surface area (Å²) in [6.07, 6.45) is 4.68. The molecule has 2 aliphatic carbocycles. The highest BCUT2D eigenvalue weighted by atomic mass is 79.9. The van der Waals surface area contributed by atoms with Gasteiger partial charge in [-0.2, -0.15) is 0 Å². The number of hydrogen-bond acceptors (Lipinski definition) is 2. The van der Waals surface area contributed by atoms with Gasteiger partial charge in [0.15, 0.2) is 0 Å². The predicted octanol–water partition coefficient (Wildman–Crippen LogP) is 3.41. The molecule has 2 atom stereocenters. The van der Waals surface area contributed by atoms with Crippen molar-refractivity contribution in [1.82, 2.24) is 0 Å². The van der Waals surface area contributed by atoms with Gasteiger partial charge >= 0.3 is 0 Å². The second-order valence-electron chi connectivity index (χ2n) is 5.96. The Balaban J connectivity index is 1.84. The largest absolute Gasteiger partial charge is 0.496 e. The van der Waals surface area contributed by atoms with Crippen LogP contribution in [0.25, 0.3) is 0 Å². The minimum absolute atomic E-state index is 0.0989. The first-order valence-corrected chi connectivity index (χ1v) is 7.38. The summed E-state index contributed by atoms with van der Waals surface area (Å²) < 4.78 is 6.51. The second-order valence-corrected chi connectivity index (χ2v) is 6.87. The van der Waals surface area contributed by atoms with E-state index in [1.807, 2.05) is 12.1 Å². The van der Waals surface area contributed by atoms with Gasteiger partial charge in [-0.25, -0.2) is 0 Å². The normalized spacial score (nSPS) is 33.3. The van der Waals surface area contributed by atoms with Crippen LogP contribution in [0.1, 0.15) is 24.8 Å². The van der Waals surface area contributed by atoms with Gasteiger partial charge in [-0.15, -0.1) is 0 Å². The molecule has 0 saturated heterocycles. The van der Waals surface area contributed by atoms with Crippen LogP contribution in [0.3, 0.4) is 0 Å². The van der Waals surface area contributed by atoms with Crippen molar-refractivity contribution in [3.05, 3.63) is 28.2 Å². The molecule has 0 aliphatic heterocycles. The zero-order valence-electron chi connectivity index (χ0n) is 10.7. The van der Waals surface area contributed by atoms with E-state index in [0.29, 0.717) is 6.61 Å². The zero-order chi connectivity index (χ0) is 12.8. The molecule has 2 saturated carbocycles. The van der Waals surface area contributed by atoms with E-state index in [0.717, 1.165) is 28.5 Å². The van der Waals surface area contributed by atoms with Crippen molar-refractivity contribution in [1.29, 1.82) is 0 Å². The Kier molecular flexibility index (Phi) is 3.15. The Morgan fingerprint density at radius 2 is 2.11 bits per heavy atom. The minimum atomic E-state index is 0.0989. The van der Waals surface area contributed by atoms with Gasteiger partial charge in [0.25, 0.3) is 0 Å². The van der Waals surface area contributed by atoms with Gasteiger partial charge in [0.1, 0.15) is 5.75 Å². The number of hydrogen-bond donors (Lipinski definition) is 1. The lowest BCUT2D eigenvalue weighted by molar-refractivity contribution is 0.116. The SMILES string of the molecule is COc1ccc(Br)cc1CC1(CO)CC2CC2C1. The third-order valence-corrected chi connectivity index (χ3v) is 5.10. The second kappa shape index (κ2) is 4.53. The number of benzene rings is 1. The first kappa shape index (κ1) is 12.5. The van der Waals surface area contributed by atoms with Crippen LogP contribution >= 0.6 is 15.9 Å². The highest BCUT2D eigenvalue weighted by molar-refractivity contribution is 9.10. The van der Waals surface area contributed by atoms with Crippen LogP contribution in [0.15, 0.2) is 22.7 Å². The fourth-order valence-electron chi connectivity index (χ4n) is 3.62. The number of halogens is 1. The molecule has 2 aliphatic rings. The summed E-state index contributed by atoms with van der Waals surface area (Å²) in [6.45, 7) is 0.301. The predicted molar refractivity (Wildman–Crippen MR) is 74.7 cm³/mol. The van der Waals surface area contributed by atoms with Crippen LogP contribution in [-0.4, -0.2) is 18.8 Å². The molecule has 98 valence electrons. The van der Waals surface area contributed by atoms with Crippen LogP contribution in [0.2, 0.25) is 0 Å². The van der Waals surface area contributed by atoms with Gasteiger partial charge in [-0.3, -0.25) is 0 Å². The van der Waals surface area contributed by atoms with Crippen LogP contribution in [0.4, 0.5) is 0 Å². The Morgan fingerprint density at radius 3 is 2.72 bits per heavy atom. The Labute approximate surface area is 116 Å². The van der Waals surface area contributed by atoms with E-state index in [4.69, 9.17) is 4.74 Å². The van der Waals surface area contributed by atoms with Gasteiger partial charge in [0.05, 0.1) is 7.11 Å². The Morgan fingerprint density at radius 1 is 1.39 bits per heavy atom. The van der Waals surface area contributed by atoms with Gasteiger partial charge in [-0.05, 0) is 66.7 Å². The molecule has 0 amide bonds. The lowest BCUT2D eigenvalue weighted by Gasteiger charge is -2.29. The summed E-state index contributed by atoms with van der Waals surface area (Å²) in [7, 11) is 1.71. The maximum absolute atomic E-state index is 9.80. The average Bonchev–Trinajstić information content (AvgIpc) is 2.98. The first-order chi connectivity index (χ1) is 8.65. The number of rotatable bonds is 4. The van der Waals surface area contributed by atoms with E-state index in [1.165, 1.54) is 24.8 Å². The van der Waals surface area contributed by atoms with E-state index in [2.05, 4.69) is 22.0 Å². The quantitative estimate of drug-likeness (QED) is 0.923. The molecule has 1 aromatic carbocycles. The molecule has 2 unspecified atom stereocenters. The third-order valence-electron chi connectivity index (χ3n) is 4.60. The lowest BCUT2D eigenvalue weighted by atomic mass is 9.78. The molecule has 1 aromatic rings. The molecular weight excluding hydrogens is 292 g/mol. The van der Waals surface area contributed by atoms with Crippen molar-refractivity contribution in [3.8, 4) is 5.75 Å². The smallest absolute Gasteiger partial charge is 0.122 e. The van der Waals surface area contributed by atoms with Crippen molar-refractivity contribution >= 4 is 15.9 Å². The number of methoxy groups -OCH3 is 1. The van der Waals surface area contributed by atoms with Crippen LogP contribution < -0.4 is 4.74 Å². The fraction of sp³-hybridized carbons (Fsp3) is 0.600. The summed E-state index contributed by atoms with van der Waals surface area (Å²) >= 11 is 3.52. The molecule has 0 bridgehead atoms. The third kappa shape index (κ3) is 2.19. The van der Waals surface area contributed by atoms with Crippen molar-refractivity contribution in [2.45, 2.75) is 25.7 Å². The van der Waals surface area contributed by atoms with E-state index in [-0.39, 0.29) is 5.41 Å². The lowest BCUT2D eigenvalue weighted by Crippen LogP contribution is -2.26. The average molecular weight is 311 g/mol. The zero-order valence-corrected chi connectivity index (χ0v) is 12.2. The summed E-state index contributed by atoms with van der Waals surface area (Å²) in [4.78, 5) is 0. The molecule has 2 nitrogen and oxygen atoms in total. The Bertz CT molecular complexity index is 448. The maximum Gasteiger partial charge on any atom is 0.122 e. The van der Waals surface area contributed by atoms with Crippen LogP contribution in [0.5, 0.6) is 5.75 Å². The molecular formula is C15H19BrO2. The number of fused-ring (bicyclic) bond motifs is 1. The van der Waals surface area contributed by atoms with E-state index >= 15 is 0 Å². The van der Waals surface area contributed by atoms with Gasteiger partial charge in [0, 0.05) is 11.1 Å². The maximum atomic E-state index is 9.80. The molecule has 3 rings (SSSR count). The first-order valence-electron chi connectivity index (χ1n) is 6.59. The summed E-state index contributed by atoms with van der Waals surface area (Å²) in [5.41, 5.74) is 1.31. The molecule has 18 heavy (non-hydrogen) atoms. The molecule has 0 radical (unpaired) electrons. The van der Waals surface area contributed by atoms with Crippen molar-refractivity contribution < 1.29 is 9.84 Å². The minimum Gasteiger partial charge on any atom is -0.496 e. The van der Waals surface area contributed by atoms with Crippen LogP contribution in [-0.2, 0) is 6.42 Å². The number of ether oxygens (including phenoxy) is 1. The molecule has 0 spiro atoms. The van der Waals surface area contributed by atoms with Gasteiger partial charge < -0.3 is 9.84 Å². The van der Waals surface area contributed by atoms with Crippen molar-refractivity contribution in [3.63, 3.8) is 0 Å². The van der Waals surface area contributed by atoms with E-state index < -0.39 is 0 Å². The highest BCUT2D eigenvalue weighted by Crippen LogP contribution is 2.60. The molecule has 3 heteroatoms. The molecule has 1 N–H and O–H groups in total. The number of aliphatic hydroxyl groups excluding tert-OH is 1. The monoisotopic (exact) mass is 310 g/mol. The van der Waals surface area contributed by atoms with Crippen LogP contribution in [0, 0.1) is 17.3 Å². The Hall–Kier alpha value is -0.540. The molecule has 2 fully saturated rings. The summed E-state index contributed by atoms with van der Waals surface area (Å²) in [5, 5.41) is 9.80. The van der Waals surface area contributed by atoms with E-state index in [1.54, 1.807) is 7.11 Å². The standard InChI is InChI=1S/C15H19BrO2/c1-18-14-3-2-13(16)5-12(14)8-15(9-17)6-10-4-11(10)7-15/h2-3,5,10-11,17H,4,6-9H2,1H3. The summed E-state index contributed by atoms with van der Waals surface area (Å²) in [6, 6.07) is 6.13. The van der Waals surface area contributed by atoms with E-state index in [9.17, 15) is 5.11 Å². The number of aliphatic hydroxyl groups is 1. The van der Waals surface area contributed by atoms with Gasteiger partial charge in [0.2, 0.25) is 0 Å². The molecule has 0 heterocycles.